The minimum atomic E-state index is 0.140. The number of hydrogen-bond donors (Lipinski definition) is 1. The molecule has 5 rings (SSSR count). The molecule has 4 aromatic carbocycles. The molecule has 1 heterocycles. The van der Waals surface area contributed by atoms with Crippen molar-refractivity contribution in [3.8, 4) is 11.5 Å². The molecule has 35 heavy (non-hydrogen) atoms. The molecule has 2 unspecified atom stereocenters. The summed E-state index contributed by atoms with van der Waals surface area (Å²) in [4.78, 5) is 0. The van der Waals surface area contributed by atoms with Gasteiger partial charge in [0.15, 0.2) is 0 Å². The molecule has 5 heteroatoms. The van der Waals surface area contributed by atoms with E-state index in [9.17, 15) is 0 Å². The van der Waals surface area contributed by atoms with Gasteiger partial charge in [0.05, 0.1) is 12.7 Å². The van der Waals surface area contributed by atoms with Crippen molar-refractivity contribution in [1.29, 1.82) is 0 Å². The van der Waals surface area contributed by atoms with Crippen molar-refractivity contribution in [2.24, 2.45) is 0 Å². The highest BCUT2D eigenvalue weighted by Crippen LogP contribution is 2.30. The number of rotatable bonds is 9. The van der Waals surface area contributed by atoms with Crippen LogP contribution in [0.1, 0.15) is 23.5 Å². The van der Waals surface area contributed by atoms with Crippen molar-refractivity contribution in [2.75, 3.05) is 26.3 Å². The Morgan fingerprint density at radius 3 is 2.20 bits per heavy atom. The summed E-state index contributed by atoms with van der Waals surface area (Å²) in [5.74, 6) is 2.06. The largest absolute Gasteiger partial charge is 0.490 e. The maximum absolute atomic E-state index is 6.43. The van der Waals surface area contributed by atoms with E-state index in [0.29, 0.717) is 25.7 Å². The van der Waals surface area contributed by atoms with Gasteiger partial charge in [-0.3, -0.25) is 0 Å². The molecule has 2 atom stereocenters. The van der Waals surface area contributed by atoms with E-state index >= 15 is 0 Å². The van der Waals surface area contributed by atoms with Gasteiger partial charge in [0.1, 0.15) is 24.7 Å². The molecule has 1 aliphatic rings. The van der Waals surface area contributed by atoms with E-state index in [2.05, 4.69) is 88.0 Å². The molecule has 1 saturated heterocycles. The summed E-state index contributed by atoms with van der Waals surface area (Å²) >= 11 is 3.43. The average Bonchev–Trinajstić information content (AvgIpc) is 2.91. The Morgan fingerprint density at radius 1 is 0.771 bits per heavy atom. The maximum Gasteiger partial charge on any atom is 0.122 e. The van der Waals surface area contributed by atoms with E-state index in [4.69, 9.17) is 14.2 Å². The van der Waals surface area contributed by atoms with E-state index in [1.54, 1.807) is 0 Å². The number of piperidine rings is 1. The fourth-order valence-corrected chi connectivity index (χ4v) is 4.84. The van der Waals surface area contributed by atoms with Crippen LogP contribution in [0.2, 0.25) is 0 Å². The number of halogens is 1. The van der Waals surface area contributed by atoms with Crippen molar-refractivity contribution in [2.45, 2.75) is 25.0 Å². The van der Waals surface area contributed by atoms with Gasteiger partial charge in [-0.25, -0.2) is 0 Å². The Hall–Kier alpha value is -2.86. The van der Waals surface area contributed by atoms with E-state index in [0.717, 1.165) is 35.5 Å². The molecule has 4 nitrogen and oxygen atoms in total. The third-order valence-corrected chi connectivity index (χ3v) is 6.98. The fourth-order valence-electron chi connectivity index (χ4n) is 4.58. The Morgan fingerprint density at radius 2 is 1.46 bits per heavy atom. The molecule has 0 spiro atoms. The number of hydrogen-bond acceptors (Lipinski definition) is 4. The second-order valence-corrected chi connectivity index (χ2v) is 9.77. The summed E-state index contributed by atoms with van der Waals surface area (Å²) < 4.78 is 19.1. The third kappa shape index (κ3) is 6.43. The summed E-state index contributed by atoms with van der Waals surface area (Å²) in [6.45, 7) is 3.49. The van der Waals surface area contributed by atoms with E-state index in [1.807, 2.05) is 24.3 Å². The lowest BCUT2D eigenvalue weighted by Crippen LogP contribution is -2.40. The topological polar surface area (TPSA) is 39.7 Å². The molecule has 4 aromatic rings. The molecule has 1 fully saturated rings. The standard InChI is InChI=1S/C30H30BrNO3/c31-26-9-13-28(14-10-26)34-18-17-33-27-11-7-24(8-12-27)29-15-16-32-20-30(29)35-21-22-5-6-23-3-1-2-4-25(23)19-22/h1-14,19,29-30,32H,15-18,20-21H2. The fraction of sp³-hybridized carbons (Fsp3) is 0.267. The zero-order valence-corrected chi connectivity index (χ0v) is 21.2. The van der Waals surface area contributed by atoms with Gasteiger partial charge < -0.3 is 19.5 Å². The van der Waals surface area contributed by atoms with Gasteiger partial charge in [0, 0.05) is 16.9 Å². The highest BCUT2D eigenvalue weighted by molar-refractivity contribution is 9.10. The molecule has 0 radical (unpaired) electrons. The molecule has 180 valence electrons. The van der Waals surface area contributed by atoms with Gasteiger partial charge >= 0.3 is 0 Å². The van der Waals surface area contributed by atoms with Gasteiger partial charge in [0.2, 0.25) is 0 Å². The number of fused-ring (bicyclic) bond motifs is 1. The maximum atomic E-state index is 6.43. The van der Waals surface area contributed by atoms with Gasteiger partial charge in [-0.15, -0.1) is 0 Å². The molecule has 1 aliphatic heterocycles. The van der Waals surface area contributed by atoms with Crippen LogP contribution >= 0.6 is 15.9 Å². The molecule has 0 bridgehead atoms. The van der Waals surface area contributed by atoms with Crippen LogP contribution in [-0.2, 0) is 11.3 Å². The Balaban J connectivity index is 1.14. The van der Waals surface area contributed by atoms with Crippen LogP contribution in [0.5, 0.6) is 11.5 Å². The van der Waals surface area contributed by atoms with E-state index in [-0.39, 0.29) is 6.10 Å². The van der Waals surface area contributed by atoms with Crippen LogP contribution in [0.3, 0.4) is 0 Å². The van der Waals surface area contributed by atoms with Crippen LogP contribution in [0.4, 0.5) is 0 Å². The molecule has 0 aromatic heterocycles. The van der Waals surface area contributed by atoms with Crippen LogP contribution in [0.25, 0.3) is 10.8 Å². The number of ether oxygens (including phenoxy) is 3. The monoisotopic (exact) mass is 531 g/mol. The molecule has 1 N–H and O–H groups in total. The molecular formula is C30H30BrNO3. The predicted octanol–water partition coefficient (Wildman–Crippen LogP) is 6.72. The minimum Gasteiger partial charge on any atom is -0.490 e. The summed E-state index contributed by atoms with van der Waals surface area (Å²) in [6, 6.07) is 31.3. The van der Waals surface area contributed by atoms with Gasteiger partial charge in [-0.05, 0) is 77.3 Å². The lowest BCUT2D eigenvalue weighted by atomic mass is 9.87. The van der Waals surface area contributed by atoms with Crippen LogP contribution < -0.4 is 14.8 Å². The third-order valence-electron chi connectivity index (χ3n) is 6.45. The quantitative estimate of drug-likeness (QED) is 0.243. The van der Waals surface area contributed by atoms with Gasteiger partial charge in [-0.1, -0.05) is 64.5 Å². The van der Waals surface area contributed by atoms with Crippen molar-refractivity contribution >= 4 is 26.7 Å². The molecule has 0 saturated carbocycles. The molecular weight excluding hydrogens is 502 g/mol. The second-order valence-electron chi connectivity index (χ2n) is 8.85. The number of nitrogens with one attached hydrogen (secondary N) is 1. The average molecular weight is 532 g/mol. The summed E-state index contributed by atoms with van der Waals surface area (Å²) in [6.07, 6.45) is 1.20. The van der Waals surface area contributed by atoms with Crippen molar-refractivity contribution in [3.05, 3.63) is 107 Å². The first-order valence-electron chi connectivity index (χ1n) is 12.2. The van der Waals surface area contributed by atoms with Crippen LogP contribution in [-0.4, -0.2) is 32.4 Å². The van der Waals surface area contributed by atoms with Crippen molar-refractivity contribution in [1.82, 2.24) is 5.32 Å². The Kier molecular flexibility index (Phi) is 7.99. The smallest absolute Gasteiger partial charge is 0.122 e. The van der Waals surface area contributed by atoms with E-state index in [1.165, 1.54) is 21.9 Å². The van der Waals surface area contributed by atoms with Gasteiger partial charge in [-0.2, -0.15) is 0 Å². The lowest BCUT2D eigenvalue weighted by molar-refractivity contribution is 0.0106. The Labute approximate surface area is 215 Å². The molecule has 0 aliphatic carbocycles. The SMILES string of the molecule is Brc1ccc(OCCOc2ccc(C3CCNCC3OCc3ccc4ccccc4c3)cc2)cc1. The van der Waals surface area contributed by atoms with Gasteiger partial charge in [0.25, 0.3) is 0 Å². The zero-order valence-electron chi connectivity index (χ0n) is 19.7. The Bertz CT molecular complexity index is 1230. The normalized spacial score (nSPS) is 17.9. The summed E-state index contributed by atoms with van der Waals surface area (Å²) in [5, 5.41) is 6.01. The summed E-state index contributed by atoms with van der Waals surface area (Å²) in [7, 11) is 0. The van der Waals surface area contributed by atoms with Crippen molar-refractivity contribution < 1.29 is 14.2 Å². The molecule has 0 amide bonds. The predicted molar refractivity (Wildman–Crippen MR) is 144 cm³/mol. The minimum absolute atomic E-state index is 0.140. The highest BCUT2D eigenvalue weighted by Gasteiger charge is 2.27. The van der Waals surface area contributed by atoms with Crippen LogP contribution in [0, 0.1) is 0 Å². The lowest BCUT2D eigenvalue weighted by Gasteiger charge is -2.32. The zero-order chi connectivity index (χ0) is 23.9. The first-order valence-corrected chi connectivity index (χ1v) is 12.9. The first-order chi connectivity index (χ1) is 17.2. The van der Waals surface area contributed by atoms with Crippen LogP contribution in [0.15, 0.2) is 95.5 Å². The second kappa shape index (κ2) is 11.7. The highest BCUT2D eigenvalue weighted by atomic mass is 79.9. The van der Waals surface area contributed by atoms with E-state index < -0.39 is 0 Å². The number of benzene rings is 4. The first kappa shape index (κ1) is 23.9. The van der Waals surface area contributed by atoms with Crippen molar-refractivity contribution in [3.63, 3.8) is 0 Å². The summed E-state index contributed by atoms with van der Waals surface area (Å²) in [5.41, 5.74) is 2.51.